The van der Waals surface area contributed by atoms with Crippen LogP contribution in [0.2, 0.25) is 0 Å². The van der Waals surface area contributed by atoms with E-state index in [2.05, 4.69) is 43.8 Å². The summed E-state index contributed by atoms with van der Waals surface area (Å²) in [5.74, 6) is 2.60. The Balaban J connectivity index is 1.65. The Morgan fingerprint density at radius 2 is 1.73 bits per heavy atom. The van der Waals surface area contributed by atoms with E-state index in [1.54, 1.807) is 11.8 Å². The second-order valence-corrected chi connectivity index (χ2v) is 6.93. The lowest BCUT2D eigenvalue weighted by Crippen LogP contribution is -2.03. The van der Waals surface area contributed by atoms with E-state index in [1.165, 1.54) is 5.56 Å². The molecule has 2 aromatic heterocycles. The number of nitrogens with zero attached hydrogens (tertiary/aromatic N) is 5. The van der Waals surface area contributed by atoms with Gasteiger partial charge in [-0.2, -0.15) is 0 Å². The van der Waals surface area contributed by atoms with Crippen LogP contribution in [0.3, 0.4) is 0 Å². The Morgan fingerprint density at radius 3 is 2.58 bits per heavy atom. The highest BCUT2D eigenvalue weighted by Gasteiger charge is 2.14. The van der Waals surface area contributed by atoms with Crippen LogP contribution in [0.1, 0.15) is 17.2 Å². The van der Waals surface area contributed by atoms with Gasteiger partial charge in [0.2, 0.25) is 0 Å². The van der Waals surface area contributed by atoms with Gasteiger partial charge in [0.25, 0.3) is 0 Å². The fourth-order valence-corrected chi connectivity index (χ4v) is 3.72. The van der Waals surface area contributed by atoms with Crippen LogP contribution in [0.15, 0.2) is 53.7 Å². The van der Waals surface area contributed by atoms with Crippen LogP contribution in [0, 0.1) is 13.8 Å². The molecule has 0 unspecified atom stereocenters. The van der Waals surface area contributed by atoms with Crippen molar-refractivity contribution in [3.8, 4) is 5.69 Å². The van der Waals surface area contributed by atoms with Crippen molar-refractivity contribution in [3.63, 3.8) is 0 Å². The summed E-state index contributed by atoms with van der Waals surface area (Å²) in [4.78, 5) is 9.04. The zero-order valence-electron chi connectivity index (χ0n) is 14.5. The zero-order valence-corrected chi connectivity index (χ0v) is 15.4. The lowest BCUT2D eigenvalue weighted by molar-refractivity contribution is 0.860. The first kappa shape index (κ1) is 16.5. The fraction of sp³-hybridized carbons (Fsp3) is 0.158. The van der Waals surface area contributed by atoms with Crippen LogP contribution in [0.4, 0.5) is 5.82 Å². The summed E-state index contributed by atoms with van der Waals surface area (Å²) < 4.78 is 2.06. The first-order valence-corrected chi connectivity index (χ1v) is 9.24. The number of hydrogen-bond acceptors (Lipinski definition) is 6. The topological polar surface area (TPSA) is 82.5 Å². The SMILES string of the molecule is Cc1ccccc1-n1c(C)nnc1SCc1nc(N)c2ccccc2n1. The lowest BCUT2D eigenvalue weighted by atomic mass is 10.2. The number of fused-ring (bicyclic) bond motifs is 1. The molecule has 0 aliphatic carbocycles. The second-order valence-electron chi connectivity index (χ2n) is 5.98. The van der Waals surface area contributed by atoms with Gasteiger partial charge in [-0.1, -0.05) is 42.1 Å². The molecule has 2 N–H and O–H groups in total. The predicted octanol–water partition coefficient (Wildman–Crippen LogP) is 3.70. The molecule has 0 spiro atoms. The third-order valence-electron chi connectivity index (χ3n) is 4.16. The van der Waals surface area contributed by atoms with Crippen molar-refractivity contribution in [2.24, 2.45) is 0 Å². The number of nitrogen functional groups attached to an aromatic ring is 1. The largest absolute Gasteiger partial charge is 0.383 e. The first-order chi connectivity index (χ1) is 12.6. The summed E-state index contributed by atoms with van der Waals surface area (Å²) >= 11 is 1.55. The molecule has 7 heteroatoms. The van der Waals surface area contributed by atoms with Gasteiger partial charge in [0.15, 0.2) is 5.16 Å². The number of thioether (sulfide) groups is 1. The third-order valence-corrected chi connectivity index (χ3v) is 5.09. The fourth-order valence-electron chi connectivity index (χ4n) is 2.87. The van der Waals surface area contributed by atoms with Gasteiger partial charge in [0.1, 0.15) is 17.5 Å². The number of nitrogens with two attached hydrogens (primary N) is 1. The Hall–Kier alpha value is -2.93. The van der Waals surface area contributed by atoms with Crippen LogP contribution in [0.25, 0.3) is 16.6 Å². The molecule has 26 heavy (non-hydrogen) atoms. The Bertz CT molecular complexity index is 1090. The molecule has 0 saturated heterocycles. The van der Waals surface area contributed by atoms with Gasteiger partial charge in [0, 0.05) is 5.39 Å². The van der Waals surface area contributed by atoms with Gasteiger partial charge in [0.05, 0.1) is 17.0 Å². The number of hydrogen-bond donors (Lipinski definition) is 1. The molecule has 130 valence electrons. The zero-order chi connectivity index (χ0) is 18.1. The van der Waals surface area contributed by atoms with Crippen molar-refractivity contribution in [1.82, 2.24) is 24.7 Å². The smallest absolute Gasteiger partial charge is 0.196 e. The van der Waals surface area contributed by atoms with Gasteiger partial charge in [-0.15, -0.1) is 10.2 Å². The van der Waals surface area contributed by atoms with Crippen molar-refractivity contribution in [3.05, 3.63) is 65.7 Å². The van der Waals surface area contributed by atoms with Crippen LogP contribution >= 0.6 is 11.8 Å². The molecule has 2 aromatic carbocycles. The summed E-state index contributed by atoms with van der Waals surface area (Å²) in [6.07, 6.45) is 0. The predicted molar refractivity (Wildman–Crippen MR) is 104 cm³/mol. The van der Waals surface area contributed by atoms with Crippen molar-refractivity contribution in [1.29, 1.82) is 0 Å². The van der Waals surface area contributed by atoms with Gasteiger partial charge < -0.3 is 5.73 Å². The van der Waals surface area contributed by atoms with Gasteiger partial charge in [-0.25, -0.2) is 9.97 Å². The van der Waals surface area contributed by atoms with E-state index in [-0.39, 0.29) is 0 Å². The quantitative estimate of drug-likeness (QED) is 0.557. The molecule has 4 rings (SSSR count). The molecule has 0 atom stereocenters. The lowest BCUT2D eigenvalue weighted by Gasteiger charge is -2.11. The minimum absolute atomic E-state index is 0.503. The molecule has 4 aromatic rings. The maximum atomic E-state index is 6.08. The second kappa shape index (κ2) is 6.76. The molecule has 0 aliphatic rings. The highest BCUT2D eigenvalue weighted by Crippen LogP contribution is 2.27. The number of benzene rings is 2. The molecule has 0 saturated carbocycles. The minimum atomic E-state index is 0.503. The van der Waals surface area contributed by atoms with E-state index in [0.717, 1.165) is 27.6 Å². The van der Waals surface area contributed by atoms with Crippen molar-refractivity contribution >= 4 is 28.5 Å². The average molecular weight is 362 g/mol. The third kappa shape index (κ3) is 3.01. The Labute approximate surface area is 155 Å². The Morgan fingerprint density at radius 1 is 0.962 bits per heavy atom. The number of para-hydroxylation sites is 2. The molecule has 0 radical (unpaired) electrons. The normalized spacial score (nSPS) is 11.2. The molecule has 6 nitrogen and oxygen atoms in total. The van der Waals surface area contributed by atoms with Crippen molar-refractivity contribution in [2.45, 2.75) is 24.8 Å². The van der Waals surface area contributed by atoms with Crippen LogP contribution < -0.4 is 5.73 Å². The van der Waals surface area contributed by atoms with Crippen LogP contribution in [-0.2, 0) is 5.75 Å². The van der Waals surface area contributed by atoms with E-state index in [4.69, 9.17) is 5.73 Å². The Kier molecular flexibility index (Phi) is 4.30. The van der Waals surface area contributed by atoms with Gasteiger partial charge >= 0.3 is 0 Å². The van der Waals surface area contributed by atoms with E-state index in [0.29, 0.717) is 17.4 Å². The monoisotopic (exact) mass is 362 g/mol. The van der Waals surface area contributed by atoms with E-state index in [1.807, 2.05) is 43.3 Å². The molecule has 2 heterocycles. The van der Waals surface area contributed by atoms with E-state index >= 15 is 0 Å². The first-order valence-electron chi connectivity index (χ1n) is 8.25. The molecule has 0 amide bonds. The molecule has 0 fully saturated rings. The standard InChI is InChI=1S/C19H18N6S/c1-12-7-3-6-10-16(12)25-13(2)23-24-19(25)26-11-17-21-15-9-5-4-8-14(15)18(20)22-17/h3-10H,11H2,1-2H3,(H2,20,21,22). The van der Waals surface area contributed by atoms with Gasteiger partial charge in [-0.3, -0.25) is 4.57 Å². The molecule has 0 aliphatic heterocycles. The molecular formula is C19H18N6S. The summed E-state index contributed by atoms with van der Waals surface area (Å²) in [5, 5.41) is 10.2. The molecule has 0 bridgehead atoms. The highest BCUT2D eigenvalue weighted by molar-refractivity contribution is 7.98. The van der Waals surface area contributed by atoms with Gasteiger partial charge in [-0.05, 0) is 37.6 Å². The van der Waals surface area contributed by atoms with Crippen molar-refractivity contribution < 1.29 is 0 Å². The number of anilines is 1. The maximum absolute atomic E-state index is 6.08. The van der Waals surface area contributed by atoms with E-state index < -0.39 is 0 Å². The number of aryl methyl sites for hydroxylation is 2. The van der Waals surface area contributed by atoms with Crippen LogP contribution in [-0.4, -0.2) is 24.7 Å². The van der Waals surface area contributed by atoms with Crippen molar-refractivity contribution in [2.75, 3.05) is 5.73 Å². The number of rotatable bonds is 4. The minimum Gasteiger partial charge on any atom is -0.383 e. The summed E-state index contributed by atoms with van der Waals surface area (Å²) in [7, 11) is 0. The van der Waals surface area contributed by atoms with E-state index in [9.17, 15) is 0 Å². The highest BCUT2D eigenvalue weighted by atomic mass is 32.2. The van der Waals surface area contributed by atoms with Crippen LogP contribution in [0.5, 0.6) is 0 Å². The average Bonchev–Trinajstić information content (AvgIpc) is 3.01. The summed E-state index contributed by atoms with van der Waals surface area (Å²) in [6.45, 7) is 4.03. The maximum Gasteiger partial charge on any atom is 0.196 e. The number of aromatic nitrogens is 5. The summed E-state index contributed by atoms with van der Waals surface area (Å²) in [6, 6.07) is 16.0. The summed E-state index contributed by atoms with van der Waals surface area (Å²) in [5.41, 5.74) is 9.18. The molecular weight excluding hydrogens is 344 g/mol.